The van der Waals surface area contributed by atoms with Crippen molar-refractivity contribution in [3.8, 4) is 0 Å². The van der Waals surface area contributed by atoms with Crippen LogP contribution in [0, 0.1) is 5.92 Å². The molecule has 3 rings (SSSR count). The minimum atomic E-state index is -0.554. The number of amides is 2. The molecule has 22 heavy (non-hydrogen) atoms. The highest BCUT2D eigenvalue weighted by Crippen LogP contribution is 2.51. The quantitative estimate of drug-likeness (QED) is 0.792. The summed E-state index contributed by atoms with van der Waals surface area (Å²) in [4.78, 5) is 24.5. The summed E-state index contributed by atoms with van der Waals surface area (Å²) in [7, 11) is 0. The predicted molar refractivity (Wildman–Crippen MR) is 85.5 cm³/mol. The molecular formula is C17H30N2O3. The first-order chi connectivity index (χ1) is 10.2. The van der Waals surface area contributed by atoms with Gasteiger partial charge in [0.15, 0.2) is 0 Å². The molecule has 126 valence electrons. The molecule has 3 aliphatic rings. The molecule has 1 unspecified atom stereocenters. The van der Waals surface area contributed by atoms with Crippen LogP contribution in [0.4, 0.5) is 4.79 Å². The molecule has 2 bridgehead atoms. The normalized spacial score (nSPS) is 27.7. The van der Waals surface area contributed by atoms with Crippen molar-refractivity contribution in [2.45, 2.75) is 89.8 Å². The van der Waals surface area contributed by atoms with Crippen LogP contribution >= 0.6 is 0 Å². The SMILES string of the molecule is CCCCC(NC(=O)OC(C)(C)C)C(=O)NC12CCC(C1)C2. The number of carbonyl (C=O) groups is 2. The summed E-state index contributed by atoms with van der Waals surface area (Å²) < 4.78 is 5.27. The summed E-state index contributed by atoms with van der Waals surface area (Å²) in [6.45, 7) is 7.54. The van der Waals surface area contributed by atoms with Gasteiger partial charge >= 0.3 is 6.09 Å². The van der Waals surface area contributed by atoms with Gasteiger partial charge < -0.3 is 15.4 Å². The molecule has 0 radical (unpaired) electrons. The van der Waals surface area contributed by atoms with Crippen LogP contribution in [-0.2, 0) is 9.53 Å². The van der Waals surface area contributed by atoms with Gasteiger partial charge in [-0.15, -0.1) is 0 Å². The smallest absolute Gasteiger partial charge is 0.408 e. The molecule has 0 aliphatic heterocycles. The lowest BCUT2D eigenvalue weighted by atomic mass is 9.77. The van der Waals surface area contributed by atoms with Gasteiger partial charge in [-0.1, -0.05) is 19.8 Å². The van der Waals surface area contributed by atoms with E-state index >= 15 is 0 Å². The van der Waals surface area contributed by atoms with Gasteiger partial charge in [-0.2, -0.15) is 0 Å². The zero-order valence-corrected chi connectivity index (χ0v) is 14.3. The topological polar surface area (TPSA) is 67.4 Å². The van der Waals surface area contributed by atoms with Gasteiger partial charge in [0, 0.05) is 5.54 Å². The zero-order chi connectivity index (χ0) is 16.4. The average molecular weight is 310 g/mol. The molecule has 3 saturated carbocycles. The Morgan fingerprint density at radius 3 is 2.50 bits per heavy atom. The summed E-state index contributed by atoms with van der Waals surface area (Å²) in [5.41, 5.74) is -0.539. The van der Waals surface area contributed by atoms with Crippen molar-refractivity contribution < 1.29 is 14.3 Å². The number of hydrogen-bond donors (Lipinski definition) is 2. The van der Waals surface area contributed by atoms with E-state index in [2.05, 4.69) is 17.6 Å². The van der Waals surface area contributed by atoms with Gasteiger partial charge in [0.25, 0.3) is 0 Å². The minimum Gasteiger partial charge on any atom is -0.444 e. The van der Waals surface area contributed by atoms with Gasteiger partial charge in [0.1, 0.15) is 11.6 Å². The van der Waals surface area contributed by atoms with Crippen molar-refractivity contribution in [2.75, 3.05) is 0 Å². The third-order valence-corrected chi connectivity index (χ3v) is 4.63. The second kappa shape index (κ2) is 6.47. The molecule has 1 atom stereocenters. The van der Waals surface area contributed by atoms with Gasteiger partial charge in [0.2, 0.25) is 5.91 Å². The molecule has 3 aliphatic carbocycles. The first kappa shape index (κ1) is 17.1. The summed E-state index contributed by atoms with van der Waals surface area (Å²) >= 11 is 0. The van der Waals surface area contributed by atoms with E-state index in [0.29, 0.717) is 6.42 Å². The molecule has 0 saturated heterocycles. The number of nitrogens with one attached hydrogen (secondary N) is 2. The summed E-state index contributed by atoms with van der Waals surface area (Å²) in [5.74, 6) is 0.743. The lowest BCUT2D eigenvalue weighted by Crippen LogP contribution is -2.57. The van der Waals surface area contributed by atoms with Crippen molar-refractivity contribution in [1.82, 2.24) is 10.6 Å². The number of alkyl carbamates (subject to hydrolysis) is 1. The van der Waals surface area contributed by atoms with Crippen LogP contribution in [-0.4, -0.2) is 29.2 Å². The average Bonchev–Trinajstić information content (AvgIpc) is 2.91. The Bertz CT molecular complexity index is 417. The molecule has 0 aromatic carbocycles. The van der Waals surface area contributed by atoms with E-state index in [9.17, 15) is 9.59 Å². The third-order valence-electron chi connectivity index (χ3n) is 4.63. The molecule has 5 heteroatoms. The number of carbonyl (C=O) groups excluding carboxylic acids is 2. The molecule has 2 amide bonds. The molecule has 0 aromatic heterocycles. The Labute approximate surface area is 133 Å². The zero-order valence-electron chi connectivity index (χ0n) is 14.3. The fourth-order valence-electron chi connectivity index (χ4n) is 3.57. The highest BCUT2D eigenvalue weighted by Gasteiger charge is 2.51. The standard InChI is InChI=1S/C17H30N2O3/c1-5-6-7-13(18-15(21)22-16(2,3)4)14(20)19-17-9-8-12(10-17)11-17/h12-13H,5-11H2,1-4H3,(H,18,21)(H,19,20). The number of hydrogen-bond acceptors (Lipinski definition) is 3. The van der Waals surface area contributed by atoms with E-state index in [-0.39, 0.29) is 11.4 Å². The molecular weight excluding hydrogens is 280 g/mol. The Kier molecular flexibility index (Phi) is 5.03. The van der Waals surface area contributed by atoms with Crippen LogP contribution in [0.25, 0.3) is 0 Å². The monoisotopic (exact) mass is 310 g/mol. The fourth-order valence-corrected chi connectivity index (χ4v) is 3.57. The third kappa shape index (κ3) is 4.37. The largest absolute Gasteiger partial charge is 0.444 e. The van der Waals surface area contributed by atoms with Crippen molar-refractivity contribution in [3.05, 3.63) is 0 Å². The number of unbranched alkanes of at least 4 members (excludes halogenated alkanes) is 1. The molecule has 5 nitrogen and oxygen atoms in total. The molecule has 0 aromatic rings. The second-order valence-electron chi connectivity index (χ2n) is 7.92. The lowest BCUT2D eigenvalue weighted by molar-refractivity contribution is -0.126. The van der Waals surface area contributed by atoms with Crippen LogP contribution in [0.5, 0.6) is 0 Å². The number of fused-ring (bicyclic) bond motifs is 1. The van der Waals surface area contributed by atoms with Crippen LogP contribution in [0.2, 0.25) is 0 Å². The number of ether oxygens (including phenoxy) is 1. The molecule has 3 fully saturated rings. The van der Waals surface area contributed by atoms with E-state index in [0.717, 1.165) is 38.0 Å². The van der Waals surface area contributed by atoms with E-state index in [1.54, 1.807) is 0 Å². The maximum atomic E-state index is 12.6. The summed E-state index contributed by atoms with van der Waals surface area (Å²) in [6, 6.07) is -0.496. The highest BCUT2D eigenvalue weighted by atomic mass is 16.6. The van der Waals surface area contributed by atoms with Gasteiger partial charge in [-0.3, -0.25) is 4.79 Å². The molecule has 0 spiro atoms. The first-order valence-electron chi connectivity index (χ1n) is 8.54. The van der Waals surface area contributed by atoms with Crippen molar-refractivity contribution >= 4 is 12.0 Å². The van der Waals surface area contributed by atoms with Gasteiger partial charge in [0.05, 0.1) is 0 Å². The predicted octanol–water partition coefficient (Wildman–Crippen LogP) is 3.13. The molecule has 2 N–H and O–H groups in total. The highest BCUT2D eigenvalue weighted by molar-refractivity contribution is 5.86. The van der Waals surface area contributed by atoms with Crippen molar-refractivity contribution in [2.24, 2.45) is 5.92 Å². The summed E-state index contributed by atoms with van der Waals surface area (Å²) in [5, 5.41) is 5.93. The Hall–Kier alpha value is -1.26. The minimum absolute atomic E-state index is 0.0157. The second-order valence-corrected chi connectivity index (χ2v) is 7.92. The van der Waals surface area contributed by atoms with Gasteiger partial charge in [-0.05, 0) is 58.8 Å². The van der Waals surface area contributed by atoms with E-state index in [1.165, 1.54) is 6.42 Å². The Morgan fingerprint density at radius 2 is 2.00 bits per heavy atom. The maximum Gasteiger partial charge on any atom is 0.408 e. The van der Waals surface area contributed by atoms with Crippen LogP contribution < -0.4 is 10.6 Å². The van der Waals surface area contributed by atoms with Crippen LogP contribution in [0.1, 0.15) is 72.6 Å². The Balaban J connectivity index is 1.89. The van der Waals surface area contributed by atoms with Crippen LogP contribution in [0.15, 0.2) is 0 Å². The summed E-state index contributed by atoms with van der Waals surface area (Å²) in [6.07, 6.45) is 6.55. The van der Waals surface area contributed by atoms with E-state index in [1.807, 2.05) is 20.8 Å². The van der Waals surface area contributed by atoms with Gasteiger partial charge in [-0.25, -0.2) is 4.79 Å². The molecule has 0 heterocycles. The number of rotatable bonds is 6. The maximum absolute atomic E-state index is 12.6. The lowest BCUT2D eigenvalue weighted by Gasteiger charge is -2.40. The first-order valence-corrected chi connectivity index (χ1v) is 8.54. The van der Waals surface area contributed by atoms with Crippen molar-refractivity contribution in [3.63, 3.8) is 0 Å². The van der Waals surface area contributed by atoms with Crippen molar-refractivity contribution in [1.29, 1.82) is 0 Å². The van der Waals surface area contributed by atoms with E-state index < -0.39 is 17.7 Å². The van der Waals surface area contributed by atoms with E-state index in [4.69, 9.17) is 4.74 Å². The van der Waals surface area contributed by atoms with Crippen LogP contribution in [0.3, 0.4) is 0 Å². The fraction of sp³-hybridized carbons (Fsp3) is 0.882. The Morgan fingerprint density at radius 1 is 1.32 bits per heavy atom.